The average molecular weight is 615 g/mol. The molecule has 1 aliphatic carbocycles. The number of carbonyl (C=O) groups is 3. The lowest BCUT2D eigenvalue weighted by molar-refractivity contribution is -0.147. The maximum Gasteiger partial charge on any atom is 0.407 e. The summed E-state index contributed by atoms with van der Waals surface area (Å²) >= 11 is 0. The van der Waals surface area contributed by atoms with E-state index in [1.54, 1.807) is 19.2 Å². The monoisotopic (exact) mass is 614 g/mol. The molecule has 3 fully saturated rings. The maximum absolute atomic E-state index is 12.8. The van der Waals surface area contributed by atoms with Crippen LogP contribution in [0, 0.1) is 11.8 Å². The van der Waals surface area contributed by atoms with Crippen molar-refractivity contribution in [2.45, 2.75) is 116 Å². The molecule has 7 atom stereocenters. The van der Waals surface area contributed by atoms with E-state index in [1.165, 1.54) is 5.57 Å². The number of carbonyl (C=O) groups excluding carboxylic acids is 3. The zero-order chi connectivity index (χ0) is 31.9. The number of alkyl carbamates (subject to hydrolysis) is 1. The Labute approximate surface area is 261 Å². The van der Waals surface area contributed by atoms with Gasteiger partial charge < -0.3 is 34.3 Å². The van der Waals surface area contributed by atoms with Gasteiger partial charge in [0.05, 0.1) is 30.0 Å². The number of rotatable bonds is 15. The van der Waals surface area contributed by atoms with Gasteiger partial charge in [0, 0.05) is 44.0 Å². The predicted molar refractivity (Wildman–Crippen MR) is 166 cm³/mol. The van der Waals surface area contributed by atoms with Crippen LogP contribution >= 0.6 is 0 Å². The van der Waals surface area contributed by atoms with Gasteiger partial charge in [-0.25, -0.2) is 4.79 Å². The lowest BCUT2D eigenvalue weighted by Gasteiger charge is -2.42. The molecule has 244 valence electrons. The number of benzene rings is 1. The Bertz CT molecular complexity index is 1170. The third kappa shape index (κ3) is 8.82. The lowest BCUT2D eigenvalue weighted by Crippen LogP contribution is -2.51. The number of amides is 2. The number of nitrogens with one attached hydrogen (secondary N) is 2. The molecule has 1 aromatic rings. The second kappa shape index (κ2) is 14.9. The summed E-state index contributed by atoms with van der Waals surface area (Å²) in [6.07, 6.45) is 5.67. The van der Waals surface area contributed by atoms with Crippen LogP contribution in [0.5, 0.6) is 0 Å². The summed E-state index contributed by atoms with van der Waals surface area (Å²) in [7, 11) is 1.59. The standard InChI is InChI=1S/C34H50N2O8/c1-7-26(40-6)20-41-30(38)10-8-9-29(37)36-25-14-12-24(13-15-25)19-35-32(39)43-27-17-18-34(21-42-34)31(23(27)4)33(5)28(44-33)16-11-22(2)3/h11-15,23,26-28,31H,7-10,16-21H2,1-6H3,(H,35,39)(H,36,37)/t23-,26?,27-,28?,31-,33+,34+/m1/s1. The van der Waals surface area contributed by atoms with E-state index in [-0.39, 0.29) is 72.7 Å². The molecule has 2 aliphatic heterocycles. The Morgan fingerprint density at radius 3 is 2.52 bits per heavy atom. The second-order valence-electron chi connectivity index (χ2n) is 12.9. The van der Waals surface area contributed by atoms with Crippen molar-refractivity contribution in [3.63, 3.8) is 0 Å². The minimum Gasteiger partial charge on any atom is -0.463 e. The summed E-state index contributed by atoms with van der Waals surface area (Å²) in [6, 6.07) is 7.26. The number of anilines is 1. The van der Waals surface area contributed by atoms with E-state index in [4.69, 9.17) is 23.7 Å². The summed E-state index contributed by atoms with van der Waals surface area (Å²) in [4.78, 5) is 37.0. The molecule has 44 heavy (non-hydrogen) atoms. The molecule has 2 N–H and O–H groups in total. The first-order valence-corrected chi connectivity index (χ1v) is 16.0. The highest BCUT2D eigenvalue weighted by Crippen LogP contribution is 2.60. The summed E-state index contributed by atoms with van der Waals surface area (Å²) in [5, 5.41) is 5.70. The van der Waals surface area contributed by atoms with Crippen LogP contribution in [0.3, 0.4) is 0 Å². The molecule has 1 aromatic carbocycles. The average Bonchev–Trinajstić information content (AvgIpc) is 3.90. The molecule has 2 amide bonds. The number of hydrogen-bond acceptors (Lipinski definition) is 8. The fourth-order valence-corrected chi connectivity index (χ4v) is 6.58. The minimum atomic E-state index is -0.445. The van der Waals surface area contributed by atoms with Gasteiger partial charge in [-0.1, -0.05) is 37.6 Å². The summed E-state index contributed by atoms with van der Waals surface area (Å²) < 4.78 is 28.6. The first-order valence-electron chi connectivity index (χ1n) is 16.0. The Balaban J connectivity index is 1.17. The van der Waals surface area contributed by atoms with Crippen LogP contribution in [0.25, 0.3) is 0 Å². The van der Waals surface area contributed by atoms with E-state index in [9.17, 15) is 14.4 Å². The van der Waals surface area contributed by atoms with E-state index >= 15 is 0 Å². The van der Waals surface area contributed by atoms with Crippen molar-refractivity contribution in [3.8, 4) is 0 Å². The Kier molecular flexibility index (Phi) is 11.5. The van der Waals surface area contributed by atoms with Gasteiger partial charge in [-0.3, -0.25) is 9.59 Å². The van der Waals surface area contributed by atoms with Crippen molar-refractivity contribution in [1.82, 2.24) is 5.32 Å². The molecule has 1 spiro atoms. The fourth-order valence-electron chi connectivity index (χ4n) is 6.58. The van der Waals surface area contributed by atoms with Gasteiger partial charge in [0.15, 0.2) is 0 Å². The molecular formula is C34H50N2O8. The van der Waals surface area contributed by atoms with Crippen LogP contribution in [-0.2, 0) is 39.8 Å². The number of allylic oxidation sites excluding steroid dienone is 1. The van der Waals surface area contributed by atoms with Gasteiger partial charge in [0.1, 0.15) is 12.7 Å². The molecule has 2 heterocycles. The number of esters is 1. The molecule has 0 radical (unpaired) electrons. The van der Waals surface area contributed by atoms with Crippen molar-refractivity contribution in [2.75, 3.05) is 25.6 Å². The molecule has 0 bridgehead atoms. The van der Waals surface area contributed by atoms with Crippen LogP contribution in [0.15, 0.2) is 35.9 Å². The largest absolute Gasteiger partial charge is 0.463 e. The number of epoxide rings is 2. The third-order valence-electron chi connectivity index (χ3n) is 9.32. The number of hydrogen-bond donors (Lipinski definition) is 2. The molecule has 0 aromatic heterocycles. The zero-order valence-corrected chi connectivity index (χ0v) is 27.1. The first kappa shape index (κ1) is 33.9. The van der Waals surface area contributed by atoms with E-state index in [0.29, 0.717) is 18.7 Å². The van der Waals surface area contributed by atoms with Crippen molar-refractivity contribution >= 4 is 23.7 Å². The van der Waals surface area contributed by atoms with Gasteiger partial charge in [0.2, 0.25) is 5.91 Å². The lowest BCUT2D eigenvalue weighted by atomic mass is 9.64. The van der Waals surface area contributed by atoms with Crippen molar-refractivity contribution in [1.29, 1.82) is 0 Å². The maximum atomic E-state index is 12.8. The van der Waals surface area contributed by atoms with Crippen LogP contribution in [0.4, 0.5) is 10.5 Å². The topological polar surface area (TPSA) is 128 Å². The summed E-state index contributed by atoms with van der Waals surface area (Å²) in [6.45, 7) is 11.8. The summed E-state index contributed by atoms with van der Waals surface area (Å²) in [5.74, 6) is -0.237. The second-order valence-corrected chi connectivity index (χ2v) is 12.9. The van der Waals surface area contributed by atoms with E-state index < -0.39 is 6.09 Å². The van der Waals surface area contributed by atoms with Gasteiger partial charge in [-0.15, -0.1) is 0 Å². The Morgan fingerprint density at radius 1 is 1.16 bits per heavy atom. The highest BCUT2D eigenvalue weighted by molar-refractivity contribution is 5.90. The van der Waals surface area contributed by atoms with Crippen LogP contribution < -0.4 is 10.6 Å². The van der Waals surface area contributed by atoms with Crippen molar-refractivity contribution in [3.05, 3.63) is 41.5 Å². The smallest absolute Gasteiger partial charge is 0.407 e. The summed E-state index contributed by atoms with van der Waals surface area (Å²) in [5.41, 5.74) is 2.38. The van der Waals surface area contributed by atoms with Gasteiger partial charge in [-0.05, 0) is 70.6 Å². The normalized spacial score (nSPS) is 29.3. The van der Waals surface area contributed by atoms with E-state index in [0.717, 1.165) is 37.9 Å². The number of methoxy groups -OCH3 is 1. The Hall–Kier alpha value is -2.95. The van der Waals surface area contributed by atoms with Gasteiger partial charge in [-0.2, -0.15) is 0 Å². The van der Waals surface area contributed by atoms with Crippen molar-refractivity contribution < 1.29 is 38.1 Å². The molecule has 10 heteroatoms. The Morgan fingerprint density at radius 2 is 1.89 bits per heavy atom. The first-order chi connectivity index (χ1) is 21.0. The predicted octanol–water partition coefficient (Wildman–Crippen LogP) is 5.69. The van der Waals surface area contributed by atoms with Crippen LogP contribution in [0.1, 0.15) is 85.1 Å². The third-order valence-corrected chi connectivity index (χ3v) is 9.32. The quantitative estimate of drug-likeness (QED) is 0.147. The van der Waals surface area contributed by atoms with Gasteiger partial charge in [0.25, 0.3) is 0 Å². The van der Waals surface area contributed by atoms with Crippen LogP contribution in [0.2, 0.25) is 0 Å². The SMILES string of the molecule is CCC(COC(=O)CCCC(=O)Nc1ccc(CNC(=O)O[C@@H]2CC[C@]3(CO3)[C@@H]([C@@]3(C)OC3CC=C(C)C)[C@@H]2C)cc1)OC. The molecule has 3 aliphatic rings. The van der Waals surface area contributed by atoms with E-state index in [1.807, 2.05) is 19.1 Å². The molecule has 2 saturated heterocycles. The molecule has 1 saturated carbocycles. The van der Waals surface area contributed by atoms with E-state index in [2.05, 4.69) is 44.4 Å². The van der Waals surface area contributed by atoms with Crippen LogP contribution in [-0.4, -0.2) is 67.8 Å². The highest BCUT2D eigenvalue weighted by Gasteiger charge is 2.70. The number of ether oxygens (including phenoxy) is 5. The zero-order valence-electron chi connectivity index (χ0n) is 27.1. The molecule has 2 unspecified atom stereocenters. The molecular weight excluding hydrogens is 564 g/mol. The van der Waals surface area contributed by atoms with Gasteiger partial charge >= 0.3 is 12.1 Å². The minimum absolute atomic E-state index is 0.108. The molecule has 4 rings (SSSR count). The molecule has 10 nitrogen and oxygen atoms in total. The fraction of sp³-hybridized carbons (Fsp3) is 0.676. The highest BCUT2D eigenvalue weighted by atomic mass is 16.6. The van der Waals surface area contributed by atoms with Crippen molar-refractivity contribution in [2.24, 2.45) is 11.8 Å².